The Kier molecular flexibility index (Phi) is 6.98. The molecule has 0 bridgehead atoms. The lowest BCUT2D eigenvalue weighted by Crippen LogP contribution is -2.24. The minimum absolute atomic E-state index is 0.146. The summed E-state index contributed by atoms with van der Waals surface area (Å²) in [5.41, 5.74) is 0.983. The number of carbonyl (C=O) groups is 2. The molecule has 0 radical (unpaired) electrons. The van der Waals surface area contributed by atoms with Crippen LogP contribution in [-0.4, -0.2) is 31.8 Å². The summed E-state index contributed by atoms with van der Waals surface area (Å²) in [5.74, 6) is -0.122. The van der Waals surface area contributed by atoms with Gasteiger partial charge in [0.1, 0.15) is 18.1 Å². The molecule has 0 fully saturated rings. The standard InChI is InChI=1S/C19H20O6/c1-14(19(21)22-2)24-16-8-10-17(11-9-16)25-18(20)13-23-12-15-6-4-3-5-7-15/h3-11,14H,12-13H2,1-2H3/t14-/m1/s1. The summed E-state index contributed by atoms with van der Waals surface area (Å²) in [4.78, 5) is 23.1. The normalized spacial score (nSPS) is 11.4. The van der Waals surface area contributed by atoms with Gasteiger partial charge in [-0.25, -0.2) is 9.59 Å². The fourth-order valence-electron chi connectivity index (χ4n) is 1.99. The van der Waals surface area contributed by atoms with Crippen LogP contribution in [0.2, 0.25) is 0 Å². The topological polar surface area (TPSA) is 71.1 Å². The molecule has 25 heavy (non-hydrogen) atoms. The van der Waals surface area contributed by atoms with Gasteiger partial charge in [-0.2, -0.15) is 0 Å². The van der Waals surface area contributed by atoms with Crippen molar-refractivity contribution in [1.29, 1.82) is 0 Å². The zero-order valence-corrected chi connectivity index (χ0v) is 14.1. The summed E-state index contributed by atoms with van der Waals surface area (Å²) in [6, 6.07) is 15.9. The van der Waals surface area contributed by atoms with Crippen LogP contribution in [0.3, 0.4) is 0 Å². The Morgan fingerprint density at radius 3 is 2.24 bits per heavy atom. The Morgan fingerprint density at radius 1 is 0.960 bits per heavy atom. The third kappa shape index (κ3) is 6.27. The summed E-state index contributed by atoms with van der Waals surface area (Å²) in [6.45, 7) is 1.78. The van der Waals surface area contributed by atoms with Gasteiger partial charge in [0.25, 0.3) is 0 Å². The van der Waals surface area contributed by atoms with Gasteiger partial charge in [0, 0.05) is 0 Å². The van der Waals surface area contributed by atoms with Crippen molar-refractivity contribution in [2.24, 2.45) is 0 Å². The highest BCUT2D eigenvalue weighted by molar-refractivity contribution is 5.74. The van der Waals surface area contributed by atoms with Crippen molar-refractivity contribution in [3.05, 3.63) is 60.2 Å². The third-order valence-electron chi connectivity index (χ3n) is 3.23. The second kappa shape index (κ2) is 9.44. The minimum atomic E-state index is -0.718. The van der Waals surface area contributed by atoms with Crippen LogP contribution < -0.4 is 9.47 Å². The lowest BCUT2D eigenvalue weighted by atomic mass is 10.2. The van der Waals surface area contributed by atoms with Gasteiger partial charge in [-0.1, -0.05) is 30.3 Å². The largest absolute Gasteiger partial charge is 0.479 e. The Bertz CT molecular complexity index is 681. The second-order valence-corrected chi connectivity index (χ2v) is 5.21. The highest BCUT2D eigenvalue weighted by Gasteiger charge is 2.14. The maximum absolute atomic E-state index is 11.8. The minimum Gasteiger partial charge on any atom is -0.479 e. The molecule has 0 saturated heterocycles. The molecule has 0 aliphatic heterocycles. The summed E-state index contributed by atoms with van der Waals surface area (Å²) in [6.07, 6.45) is -0.718. The van der Waals surface area contributed by atoms with Gasteiger partial charge in [0.2, 0.25) is 0 Å². The smallest absolute Gasteiger partial charge is 0.346 e. The zero-order valence-electron chi connectivity index (χ0n) is 14.1. The van der Waals surface area contributed by atoms with Crippen molar-refractivity contribution in [1.82, 2.24) is 0 Å². The van der Waals surface area contributed by atoms with Crippen LogP contribution in [0.15, 0.2) is 54.6 Å². The molecule has 0 unspecified atom stereocenters. The van der Waals surface area contributed by atoms with Gasteiger partial charge < -0.3 is 18.9 Å². The monoisotopic (exact) mass is 344 g/mol. The molecule has 0 N–H and O–H groups in total. The van der Waals surface area contributed by atoms with Crippen LogP contribution in [0.5, 0.6) is 11.5 Å². The molecule has 2 aromatic rings. The van der Waals surface area contributed by atoms with E-state index in [9.17, 15) is 9.59 Å². The number of methoxy groups -OCH3 is 1. The van der Waals surface area contributed by atoms with E-state index >= 15 is 0 Å². The van der Waals surface area contributed by atoms with Crippen LogP contribution >= 0.6 is 0 Å². The first-order valence-electron chi connectivity index (χ1n) is 7.75. The van der Waals surface area contributed by atoms with Gasteiger partial charge in [0.05, 0.1) is 13.7 Å². The van der Waals surface area contributed by atoms with E-state index in [1.165, 1.54) is 7.11 Å². The molecule has 132 valence electrons. The molecule has 0 aromatic heterocycles. The predicted octanol–water partition coefficient (Wildman–Crippen LogP) is 2.75. The first kappa shape index (κ1) is 18.5. The van der Waals surface area contributed by atoms with E-state index in [-0.39, 0.29) is 6.61 Å². The van der Waals surface area contributed by atoms with Crippen molar-refractivity contribution < 1.29 is 28.5 Å². The Labute approximate surface area is 146 Å². The third-order valence-corrected chi connectivity index (χ3v) is 3.23. The Balaban J connectivity index is 1.76. The molecule has 0 amide bonds. The fourth-order valence-corrected chi connectivity index (χ4v) is 1.99. The summed E-state index contributed by atoms with van der Waals surface area (Å²) >= 11 is 0. The second-order valence-electron chi connectivity index (χ2n) is 5.21. The van der Waals surface area contributed by atoms with Crippen LogP contribution in [0.1, 0.15) is 12.5 Å². The first-order valence-corrected chi connectivity index (χ1v) is 7.75. The number of esters is 2. The van der Waals surface area contributed by atoms with E-state index in [0.29, 0.717) is 18.1 Å². The van der Waals surface area contributed by atoms with Crippen LogP contribution in [-0.2, 0) is 25.7 Å². The SMILES string of the molecule is COC(=O)[C@@H](C)Oc1ccc(OC(=O)COCc2ccccc2)cc1. The Morgan fingerprint density at radius 2 is 1.60 bits per heavy atom. The molecule has 0 heterocycles. The van der Waals surface area contributed by atoms with Gasteiger partial charge in [-0.3, -0.25) is 0 Å². The lowest BCUT2D eigenvalue weighted by molar-refractivity contribution is -0.147. The van der Waals surface area contributed by atoms with E-state index in [4.69, 9.17) is 14.2 Å². The Hall–Kier alpha value is -2.86. The maximum Gasteiger partial charge on any atom is 0.346 e. The summed E-state index contributed by atoms with van der Waals surface area (Å²) in [5, 5.41) is 0. The van der Waals surface area contributed by atoms with E-state index in [2.05, 4.69) is 4.74 Å². The molecule has 2 aromatic carbocycles. The molecule has 0 spiro atoms. The van der Waals surface area contributed by atoms with Crippen molar-refractivity contribution in [2.45, 2.75) is 19.6 Å². The molecular formula is C19H20O6. The number of rotatable bonds is 8. The van der Waals surface area contributed by atoms with Crippen molar-refractivity contribution >= 4 is 11.9 Å². The number of ether oxygens (including phenoxy) is 4. The number of hydrogen-bond donors (Lipinski definition) is 0. The molecule has 2 rings (SSSR count). The lowest BCUT2D eigenvalue weighted by Gasteiger charge is -2.12. The molecule has 6 heteroatoms. The van der Waals surface area contributed by atoms with Gasteiger partial charge in [0.15, 0.2) is 6.10 Å². The summed E-state index contributed by atoms with van der Waals surface area (Å²) in [7, 11) is 1.30. The number of benzene rings is 2. The van der Waals surface area contributed by atoms with E-state index in [0.717, 1.165) is 5.56 Å². The van der Waals surface area contributed by atoms with E-state index < -0.39 is 18.0 Å². The molecule has 0 saturated carbocycles. The van der Waals surface area contributed by atoms with Crippen LogP contribution in [0, 0.1) is 0 Å². The summed E-state index contributed by atoms with van der Waals surface area (Å²) < 4.78 is 20.5. The first-order chi connectivity index (χ1) is 12.1. The van der Waals surface area contributed by atoms with E-state index in [1.807, 2.05) is 30.3 Å². The maximum atomic E-state index is 11.8. The average Bonchev–Trinajstić information content (AvgIpc) is 2.63. The predicted molar refractivity (Wildman–Crippen MR) is 90.3 cm³/mol. The van der Waals surface area contributed by atoms with Crippen molar-refractivity contribution in [2.75, 3.05) is 13.7 Å². The quantitative estimate of drug-likeness (QED) is 0.542. The number of carbonyl (C=O) groups excluding carboxylic acids is 2. The highest BCUT2D eigenvalue weighted by atomic mass is 16.6. The molecule has 0 aliphatic rings. The van der Waals surface area contributed by atoms with Gasteiger partial charge >= 0.3 is 11.9 Å². The highest BCUT2D eigenvalue weighted by Crippen LogP contribution is 2.19. The number of hydrogen-bond acceptors (Lipinski definition) is 6. The average molecular weight is 344 g/mol. The van der Waals surface area contributed by atoms with E-state index in [1.54, 1.807) is 31.2 Å². The van der Waals surface area contributed by atoms with Gasteiger partial charge in [-0.15, -0.1) is 0 Å². The molecular weight excluding hydrogens is 324 g/mol. The van der Waals surface area contributed by atoms with Crippen molar-refractivity contribution in [3.63, 3.8) is 0 Å². The zero-order chi connectivity index (χ0) is 18.1. The van der Waals surface area contributed by atoms with Crippen LogP contribution in [0.25, 0.3) is 0 Å². The van der Waals surface area contributed by atoms with Crippen molar-refractivity contribution in [3.8, 4) is 11.5 Å². The van der Waals surface area contributed by atoms with Gasteiger partial charge in [-0.05, 0) is 36.8 Å². The molecule has 6 nitrogen and oxygen atoms in total. The fraction of sp³-hybridized carbons (Fsp3) is 0.263. The molecule has 0 aliphatic carbocycles. The molecule has 1 atom stereocenters. The van der Waals surface area contributed by atoms with Crippen LogP contribution in [0.4, 0.5) is 0 Å².